The molecule has 1 nitrogen and oxygen atoms in total. The zero-order valence-electron chi connectivity index (χ0n) is 6.37. The average Bonchev–Trinajstić information content (AvgIpc) is 2.15. The van der Waals surface area contributed by atoms with Crippen molar-refractivity contribution in [1.82, 2.24) is 0 Å². The van der Waals surface area contributed by atoms with Gasteiger partial charge in [-0.05, 0) is 24.3 Å². The Labute approximate surface area is 77.4 Å². The van der Waals surface area contributed by atoms with Gasteiger partial charge in [0.15, 0.2) is 0 Å². The standard InChI is InChI=1S/C10H6NS/c11-8-10-5-3-9(4-6-10)2-1-7-12/h3-6H,7H2. The van der Waals surface area contributed by atoms with Gasteiger partial charge >= 0.3 is 0 Å². The quantitative estimate of drug-likeness (QED) is 0.550. The molecule has 0 bridgehead atoms. The molecule has 0 saturated carbocycles. The second-order valence-corrected chi connectivity index (χ2v) is 2.42. The summed E-state index contributed by atoms with van der Waals surface area (Å²) in [5, 5.41) is 8.50. The first-order valence-corrected chi connectivity index (χ1v) is 4.01. The van der Waals surface area contributed by atoms with Crippen LogP contribution in [0.4, 0.5) is 0 Å². The van der Waals surface area contributed by atoms with Crippen molar-refractivity contribution in [1.29, 1.82) is 5.26 Å². The number of hydrogen-bond acceptors (Lipinski definition) is 1. The fourth-order valence-electron chi connectivity index (χ4n) is 0.766. The van der Waals surface area contributed by atoms with Crippen molar-refractivity contribution in [3.63, 3.8) is 0 Å². The van der Waals surface area contributed by atoms with E-state index in [2.05, 4.69) is 24.5 Å². The molecule has 1 aromatic carbocycles. The van der Waals surface area contributed by atoms with E-state index in [9.17, 15) is 0 Å². The molecule has 0 heterocycles. The molecular formula is C10H6NS. The van der Waals surface area contributed by atoms with Crippen molar-refractivity contribution in [3.8, 4) is 17.9 Å². The number of nitriles is 1. The van der Waals surface area contributed by atoms with Crippen LogP contribution in [-0.2, 0) is 0 Å². The van der Waals surface area contributed by atoms with E-state index in [1.807, 2.05) is 18.2 Å². The Hall–Kier alpha value is -1.38. The topological polar surface area (TPSA) is 23.8 Å². The van der Waals surface area contributed by atoms with Crippen LogP contribution in [0.2, 0.25) is 0 Å². The first-order chi connectivity index (χ1) is 5.86. The highest BCUT2D eigenvalue weighted by Gasteiger charge is 1.88. The minimum Gasteiger partial charge on any atom is -0.192 e. The third-order valence-electron chi connectivity index (χ3n) is 1.32. The maximum Gasteiger partial charge on any atom is 0.0991 e. The molecule has 1 rings (SSSR count). The lowest BCUT2D eigenvalue weighted by molar-refractivity contribution is 1.48. The molecule has 12 heavy (non-hydrogen) atoms. The zero-order valence-corrected chi connectivity index (χ0v) is 7.19. The Kier molecular flexibility index (Phi) is 3.26. The smallest absolute Gasteiger partial charge is 0.0991 e. The Morgan fingerprint density at radius 2 is 1.75 bits per heavy atom. The van der Waals surface area contributed by atoms with Crippen molar-refractivity contribution >= 4 is 12.6 Å². The molecule has 0 N–H and O–H groups in total. The van der Waals surface area contributed by atoms with Gasteiger partial charge in [0.25, 0.3) is 0 Å². The first-order valence-electron chi connectivity index (χ1n) is 3.44. The van der Waals surface area contributed by atoms with Gasteiger partial charge in [-0.25, -0.2) is 0 Å². The van der Waals surface area contributed by atoms with E-state index in [0.717, 1.165) is 5.56 Å². The van der Waals surface area contributed by atoms with Crippen molar-refractivity contribution in [2.75, 3.05) is 5.75 Å². The van der Waals surface area contributed by atoms with Gasteiger partial charge in [-0.3, -0.25) is 0 Å². The molecular weight excluding hydrogens is 166 g/mol. The van der Waals surface area contributed by atoms with E-state index in [1.165, 1.54) is 0 Å². The van der Waals surface area contributed by atoms with Crippen LogP contribution in [0, 0.1) is 23.2 Å². The largest absolute Gasteiger partial charge is 0.192 e. The van der Waals surface area contributed by atoms with E-state index >= 15 is 0 Å². The van der Waals surface area contributed by atoms with Crippen LogP contribution < -0.4 is 0 Å². The molecule has 0 saturated heterocycles. The van der Waals surface area contributed by atoms with Crippen LogP contribution in [0.5, 0.6) is 0 Å². The highest BCUT2D eigenvalue weighted by Crippen LogP contribution is 2.00. The van der Waals surface area contributed by atoms with Crippen LogP contribution in [0.3, 0.4) is 0 Å². The second-order valence-electron chi connectivity index (χ2n) is 2.14. The minimum absolute atomic E-state index is 0.444. The lowest BCUT2D eigenvalue weighted by Gasteiger charge is -1.88. The summed E-state index contributed by atoms with van der Waals surface area (Å²) in [6.45, 7) is 0. The molecule has 0 aliphatic carbocycles. The van der Waals surface area contributed by atoms with Gasteiger partial charge in [-0.15, -0.1) is 0 Å². The monoisotopic (exact) mass is 172 g/mol. The van der Waals surface area contributed by atoms with Gasteiger partial charge in [0.05, 0.1) is 17.4 Å². The molecule has 1 aromatic rings. The Morgan fingerprint density at radius 3 is 2.25 bits per heavy atom. The molecule has 0 amide bonds. The molecule has 0 fully saturated rings. The molecule has 57 valence electrons. The molecule has 0 unspecified atom stereocenters. The van der Waals surface area contributed by atoms with Crippen LogP contribution in [0.25, 0.3) is 0 Å². The highest BCUT2D eigenvalue weighted by atomic mass is 32.1. The SMILES string of the molecule is N#Cc1ccc(C#CC[S])cc1. The Bertz CT molecular complexity index is 348. The Balaban J connectivity index is 2.87. The Morgan fingerprint density at radius 1 is 1.17 bits per heavy atom. The normalized spacial score (nSPS) is 8.00. The predicted octanol–water partition coefficient (Wildman–Crippen LogP) is 2.11. The van der Waals surface area contributed by atoms with E-state index in [-0.39, 0.29) is 0 Å². The third-order valence-corrected chi connectivity index (χ3v) is 1.46. The van der Waals surface area contributed by atoms with E-state index in [4.69, 9.17) is 5.26 Å². The summed E-state index contributed by atoms with van der Waals surface area (Å²) in [5.74, 6) is 6.11. The number of hydrogen-bond donors (Lipinski definition) is 0. The van der Waals surface area contributed by atoms with Crippen LogP contribution in [0.15, 0.2) is 24.3 Å². The summed E-state index contributed by atoms with van der Waals surface area (Å²) in [6.07, 6.45) is 0. The van der Waals surface area contributed by atoms with Gasteiger partial charge in [-0.1, -0.05) is 24.5 Å². The van der Waals surface area contributed by atoms with E-state index in [0.29, 0.717) is 11.3 Å². The van der Waals surface area contributed by atoms with Crippen molar-refractivity contribution in [3.05, 3.63) is 35.4 Å². The molecule has 0 aliphatic rings. The number of benzene rings is 1. The number of rotatable bonds is 0. The van der Waals surface area contributed by atoms with Crippen molar-refractivity contribution < 1.29 is 0 Å². The van der Waals surface area contributed by atoms with Crippen LogP contribution >= 0.6 is 12.6 Å². The van der Waals surface area contributed by atoms with Crippen LogP contribution in [-0.4, -0.2) is 5.75 Å². The predicted molar refractivity (Wildman–Crippen MR) is 50.5 cm³/mol. The molecule has 0 aliphatic heterocycles. The third kappa shape index (κ3) is 2.34. The summed E-state index contributed by atoms with van der Waals surface area (Å²) in [7, 11) is 0. The highest BCUT2D eigenvalue weighted by molar-refractivity contribution is 7.80. The number of nitrogens with zero attached hydrogens (tertiary/aromatic N) is 1. The van der Waals surface area contributed by atoms with Gasteiger partial charge in [0, 0.05) is 5.56 Å². The molecule has 1 radical (unpaired) electrons. The lowest BCUT2D eigenvalue weighted by Crippen LogP contribution is -1.76. The first kappa shape index (κ1) is 8.71. The van der Waals surface area contributed by atoms with Gasteiger partial charge < -0.3 is 0 Å². The molecule has 0 spiro atoms. The van der Waals surface area contributed by atoms with Gasteiger partial charge in [0.2, 0.25) is 0 Å². The van der Waals surface area contributed by atoms with Crippen molar-refractivity contribution in [2.24, 2.45) is 0 Å². The summed E-state index contributed by atoms with van der Waals surface area (Å²) >= 11 is 4.67. The van der Waals surface area contributed by atoms with Crippen molar-refractivity contribution in [2.45, 2.75) is 0 Å². The zero-order chi connectivity index (χ0) is 8.81. The minimum atomic E-state index is 0.444. The summed E-state index contributed by atoms with van der Waals surface area (Å²) in [6, 6.07) is 9.16. The van der Waals surface area contributed by atoms with Crippen LogP contribution in [0.1, 0.15) is 11.1 Å². The summed E-state index contributed by atoms with van der Waals surface area (Å²) in [5.41, 5.74) is 1.55. The van der Waals surface area contributed by atoms with Gasteiger partial charge in [0.1, 0.15) is 0 Å². The van der Waals surface area contributed by atoms with E-state index in [1.54, 1.807) is 12.1 Å². The average molecular weight is 172 g/mol. The maximum absolute atomic E-state index is 8.50. The second kappa shape index (κ2) is 4.49. The summed E-state index contributed by atoms with van der Waals surface area (Å²) < 4.78 is 0. The van der Waals surface area contributed by atoms with Gasteiger partial charge in [-0.2, -0.15) is 5.26 Å². The molecule has 0 atom stereocenters. The fraction of sp³-hybridized carbons (Fsp3) is 0.100. The fourth-order valence-corrected chi connectivity index (χ4v) is 0.838. The molecule has 0 aromatic heterocycles. The molecule has 2 heteroatoms. The lowest BCUT2D eigenvalue weighted by atomic mass is 10.1. The maximum atomic E-state index is 8.50. The van der Waals surface area contributed by atoms with E-state index < -0.39 is 0 Å². The summed E-state index contributed by atoms with van der Waals surface area (Å²) in [4.78, 5) is 0.